The van der Waals surface area contributed by atoms with E-state index >= 15 is 0 Å². The number of nitro groups is 2. The van der Waals surface area contributed by atoms with E-state index < -0.39 is 39.1 Å². The third kappa shape index (κ3) is 4.18. The zero-order valence-electron chi connectivity index (χ0n) is 14.9. The normalized spacial score (nSPS) is 16.0. The number of hydrogen-bond acceptors (Lipinski definition) is 6. The van der Waals surface area contributed by atoms with Crippen molar-refractivity contribution in [2.75, 3.05) is 11.4 Å². The van der Waals surface area contributed by atoms with Crippen LogP contribution in [0, 0.1) is 32.0 Å². The Hall–Kier alpha value is -3.89. The van der Waals surface area contributed by atoms with E-state index in [1.807, 2.05) is 0 Å². The smallest absolute Gasteiger partial charge is 0.306 e. The molecular formula is C18H15FN4O6. The number of hydrogen-bond donors (Lipinski definition) is 1. The molecule has 0 aromatic heterocycles. The van der Waals surface area contributed by atoms with E-state index in [2.05, 4.69) is 5.32 Å². The van der Waals surface area contributed by atoms with Gasteiger partial charge in [0.15, 0.2) is 0 Å². The van der Waals surface area contributed by atoms with Gasteiger partial charge in [-0.1, -0.05) is 18.2 Å². The number of amides is 2. The molecule has 1 aliphatic rings. The Morgan fingerprint density at radius 3 is 2.52 bits per heavy atom. The molecule has 0 radical (unpaired) electrons. The quantitative estimate of drug-likeness (QED) is 0.582. The highest BCUT2D eigenvalue weighted by Crippen LogP contribution is 2.29. The summed E-state index contributed by atoms with van der Waals surface area (Å²) in [5.41, 5.74) is -0.451. The second kappa shape index (κ2) is 8.00. The average molecular weight is 402 g/mol. The molecule has 0 spiro atoms. The van der Waals surface area contributed by atoms with Crippen LogP contribution in [0.5, 0.6) is 0 Å². The number of carbonyl (C=O) groups is 2. The Bertz CT molecular complexity index is 1010. The molecule has 10 nitrogen and oxygen atoms in total. The van der Waals surface area contributed by atoms with Gasteiger partial charge in [0.05, 0.1) is 21.5 Å². The van der Waals surface area contributed by atoms with Gasteiger partial charge in [-0.3, -0.25) is 29.8 Å². The molecule has 150 valence electrons. The number of nitro benzene ring substituents is 2. The highest BCUT2D eigenvalue weighted by molar-refractivity contribution is 6.00. The van der Waals surface area contributed by atoms with Gasteiger partial charge < -0.3 is 10.2 Å². The van der Waals surface area contributed by atoms with E-state index in [-0.39, 0.29) is 30.9 Å². The van der Waals surface area contributed by atoms with E-state index in [9.17, 15) is 34.2 Å². The number of carbonyl (C=O) groups excluding carboxylic acids is 2. The second-order valence-corrected chi connectivity index (χ2v) is 6.40. The fraction of sp³-hybridized carbons (Fsp3) is 0.222. The van der Waals surface area contributed by atoms with Gasteiger partial charge in [-0.2, -0.15) is 4.39 Å². The van der Waals surface area contributed by atoms with Gasteiger partial charge in [0.25, 0.3) is 5.69 Å². The van der Waals surface area contributed by atoms with Gasteiger partial charge in [-0.05, 0) is 12.1 Å². The van der Waals surface area contributed by atoms with Crippen LogP contribution in [-0.2, 0) is 16.1 Å². The van der Waals surface area contributed by atoms with Gasteiger partial charge in [0.2, 0.25) is 17.6 Å². The first-order chi connectivity index (χ1) is 13.8. The lowest BCUT2D eigenvalue weighted by atomic mass is 10.1. The number of nitrogens with one attached hydrogen (secondary N) is 1. The minimum absolute atomic E-state index is 0.0374. The summed E-state index contributed by atoms with van der Waals surface area (Å²) in [6.45, 7) is -0.118. The lowest BCUT2D eigenvalue weighted by molar-refractivity contribution is -0.387. The molecule has 1 aliphatic heterocycles. The predicted octanol–water partition coefficient (Wildman–Crippen LogP) is 2.31. The van der Waals surface area contributed by atoms with Gasteiger partial charge in [0.1, 0.15) is 0 Å². The van der Waals surface area contributed by atoms with Crippen LogP contribution in [0.3, 0.4) is 0 Å². The lowest BCUT2D eigenvalue weighted by Gasteiger charge is -2.16. The summed E-state index contributed by atoms with van der Waals surface area (Å²) >= 11 is 0. The van der Waals surface area contributed by atoms with Gasteiger partial charge in [-0.15, -0.1) is 0 Å². The van der Waals surface area contributed by atoms with E-state index in [4.69, 9.17) is 0 Å². The fourth-order valence-corrected chi connectivity index (χ4v) is 3.11. The maximum atomic E-state index is 13.5. The molecule has 1 N–H and O–H groups in total. The molecule has 2 aromatic carbocycles. The topological polar surface area (TPSA) is 136 Å². The highest BCUT2D eigenvalue weighted by Gasteiger charge is 2.36. The molecule has 1 fully saturated rings. The van der Waals surface area contributed by atoms with Crippen molar-refractivity contribution in [3.8, 4) is 0 Å². The SMILES string of the molecule is O=C(NCc1ccccc1[N+](=O)[O-])C1CC(=O)N(c2ccc(F)c([N+](=O)[O-])c2)C1. The molecule has 1 saturated heterocycles. The van der Waals surface area contributed by atoms with Crippen LogP contribution in [0.25, 0.3) is 0 Å². The Balaban J connectivity index is 1.69. The summed E-state index contributed by atoms with van der Waals surface area (Å²) < 4.78 is 13.5. The molecule has 0 saturated carbocycles. The van der Waals surface area contributed by atoms with E-state index in [1.165, 1.54) is 29.2 Å². The van der Waals surface area contributed by atoms with Crippen molar-refractivity contribution < 1.29 is 23.8 Å². The van der Waals surface area contributed by atoms with Crippen molar-refractivity contribution >= 4 is 28.9 Å². The van der Waals surface area contributed by atoms with Crippen molar-refractivity contribution in [1.29, 1.82) is 0 Å². The summed E-state index contributed by atoms with van der Waals surface area (Å²) in [7, 11) is 0. The summed E-state index contributed by atoms with van der Waals surface area (Å²) in [6, 6.07) is 9.03. The van der Waals surface area contributed by atoms with Crippen molar-refractivity contribution in [1.82, 2.24) is 5.32 Å². The molecule has 2 aromatic rings. The fourth-order valence-electron chi connectivity index (χ4n) is 3.11. The van der Waals surface area contributed by atoms with Crippen LogP contribution in [0.2, 0.25) is 0 Å². The number of halogens is 1. The third-order valence-electron chi connectivity index (χ3n) is 4.58. The average Bonchev–Trinajstić information content (AvgIpc) is 3.08. The van der Waals surface area contributed by atoms with E-state index in [1.54, 1.807) is 6.07 Å². The Kier molecular flexibility index (Phi) is 5.48. The number of nitrogens with zero attached hydrogens (tertiary/aromatic N) is 3. The monoisotopic (exact) mass is 402 g/mol. The lowest BCUT2D eigenvalue weighted by Crippen LogP contribution is -2.32. The second-order valence-electron chi connectivity index (χ2n) is 6.40. The van der Waals surface area contributed by atoms with Gasteiger partial charge >= 0.3 is 5.69 Å². The summed E-state index contributed by atoms with van der Waals surface area (Å²) in [5, 5.41) is 24.5. The maximum absolute atomic E-state index is 13.5. The Morgan fingerprint density at radius 2 is 1.83 bits per heavy atom. The summed E-state index contributed by atoms with van der Waals surface area (Å²) in [6.07, 6.45) is -0.131. The van der Waals surface area contributed by atoms with Gasteiger partial charge in [-0.25, -0.2) is 0 Å². The predicted molar refractivity (Wildman–Crippen MR) is 98.5 cm³/mol. The molecule has 3 rings (SSSR count). The van der Waals surface area contributed by atoms with Crippen LogP contribution in [0.15, 0.2) is 42.5 Å². The molecule has 2 amide bonds. The minimum atomic E-state index is -1.02. The molecule has 0 bridgehead atoms. The highest BCUT2D eigenvalue weighted by atomic mass is 19.1. The van der Waals surface area contributed by atoms with Gasteiger partial charge in [0, 0.05) is 37.2 Å². The number of anilines is 1. The zero-order valence-corrected chi connectivity index (χ0v) is 14.9. The van der Waals surface area contributed by atoms with Crippen molar-refractivity contribution in [3.05, 3.63) is 74.1 Å². The molecule has 29 heavy (non-hydrogen) atoms. The van der Waals surface area contributed by atoms with Crippen LogP contribution >= 0.6 is 0 Å². The first-order valence-electron chi connectivity index (χ1n) is 8.52. The van der Waals surface area contributed by atoms with E-state index in [0.717, 1.165) is 12.1 Å². The summed E-state index contributed by atoms with van der Waals surface area (Å²) in [5.74, 6) is -2.68. The van der Waals surface area contributed by atoms with Crippen molar-refractivity contribution in [3.63, 3.8) is 0 Å². The maximum Gasteiger partial charge on any atom is 0.306 e. The molecule has 0 aliphatic carbocycles. The third-order valence-corrected chi connectivity index (χ3v) is 4.58. The molecule has 1 unspecified atom stereocenters. The Labute approximate surface area is 163 Å². The van der Waals surface area contributed by atoms with Crippen molar-refractivity contribution in [2.45, 2.75) is 13.0 Å². The van der Waals surface area contributed by atoms with E-state index in [0.29, 0.717) is 5.56 Å². The molecular weight excluding hydrogens is 387 g/mol. The van der Waals surface area contributed by atoms with Crippen LogP contribution in [0.1, 0.15) is 12.0 Å². The van der Waals surface area contributed by atoms with Crippen molar-refractivity contribution in [2.24, 2.45) is 5.92 Å². The Morgan fingerprint density at radius 1 is 1.14 bits per heavy atom. The number of rotatable bonds is 6. The first-order valence-corrected chi connectivity index (χ1v) is 8.52. The number of para-hydroxylation sites is 1. The van der Waals surface area contributed by atoms with Crippen LogP contribution < -0.4 is 10.2 Å². The largest absolute Gasteiger partial charge is 0.351 e. The minimum Gasteiger partial charge on any atom is -0.351 e. The van der Waals surface area contributed by atoms with Crippen LogP contribution in [-0.4, -0.2) is 28.2 Å². The first kappa shape index (κ1) is 19.9. The molecule has 1 atom stereocenters. The zero-order chi connectivity index (χ0) is 21.1. The number of benzene rings is 2. The standard InChI is InChI=1S/C18H15FN4O6/c19-14-6-5-13(8-16(14)23(28)29)21-10-12(7-17(21)24)18(25)20-9-11-3-1-2-4-15(11)22(26)27/h1-6,8,12H,7,9-10H2,(H,20,25). The molecule has 11 heteroatoms. The molecule has 1 heterocycles. The van der Waals surface area contributed by atoms with Crippen LogP contribution in [0.4, 0.5) is 21.5 Å². The summed E-state index contributed by atoms with van der Waals surface area (Å²) in [4.78, 5) is 46.3.